The van der Waals surface area contributed by atoms with Gasteiger partial charge in [0, 0.05) is 6.61 Å². The molecule has 1 rings (SSSR count). The van der Waals surface area contributed by atoms with Crippen LogP contribution < -0.4 is 0 Å². The maximum Gasteiger partial charge on any atom is 0.337 e. The molecule has 76 valence electrons. The molecule has 1 atom stereocenters. The summed E-state index contributed by atoms with van der Waals surface area (Å²) in [5.41, 5.74) is 1.79. The number of benzene rings is 1. The molecule has 0 fully saturated rings. The Bertz CT molecular complexity index is 303. The van der Waals surface area contributed by atoms with Crippen molar-refractivity contribution in [3.05, 3.63) is 35.4 Å². The predicted molar refractivity (Wildman–Crippen MR) is 53.2 cm³/mol. The van der Waals surface area contributed by atoms with Crippen molar-refractivity contribution < 1.29 is 14.6 Å². The molecule has 0 bridgehead atoms. The molecule has 0 saturated heterocycles. The highest BCUT2D eigenvalue weighted by Crippen LogP contribution is 2.17. The zero-order valence-corrected chi connectivity index (χ0v) is 8.36. The summed E-state index contributed by atoms with van der Waals surface area (Å²) in [5.74, 6) is -0.948. The second-order valence-electron chi connectivity index (χ2n) is 3.08. The standard InChI is InChI=1S/C11H14O3/c1-3-14-10(11(12)13)9-6-4-8(2)5-7-9/h4-7,10H,3H2,1-2H3,(H,12,13)/t10-/m0/s1. The highest BCUT2D eigenvalue weighted by Gasteiger charge is 2.19. The summed E-state index contributed by atoms with van der Waals surface area (Å²) in [6, 6.07) is 7.32. The van der Waals surface area contributed by atoms with E-state index < -0.39 is 12.1 Å². The molecule has 0 spiro atoms. The van der Waals surface area contributed by atoms with Crippen molar-refractivity contribution in [2.24, 2.45) is 0 Å². The number of carbonyl (C=O) groups is 1. The van der Waals surface area contributed by atoms with E-state index in [1.54, 1.807) is 19.1 Å². The van der Waals surface area contributed by atoms with Crippen LogP contribution >= 0.6 is 0 Å². The number of aliphatic carboxylic acids is 1. The van der Waals surface area contributed by atoms with Crippen LogP contribution in [0.1, 0.15) is 24.2 Å². The third-order valence-corrected chi connectivity index (χ3v) is 1.94. The van der Waals surface area contributed by atoms with Gasteiger partial charge in [-0.2, -0.15) is 0 Å². The van der Waals surface area contributed by atoms with Crippen LogP contribution in [0, 0.1) is 6.92 Å². The van der Waals surface area contributed by atoms with Gasteiger partial charge in [-0.05, 0) is 19.4 Å². The predicted octanol–water partition coefficient (Wildman–Crippen LogP) is 2.16. The fraction of sp³-hybridized carbons (Fsp3) is 0.364. The van der Waals surface area contributed by atoms with Gasteiger partial charge in [0.15, 0.2) is 6.10 Å². The summed E-state index contributed by atoms with van der Waals surface area (Å²) < 4.78 is 5.13. The Morgan fingerprint density at radius 1 is 1.43 bits per heavy atom. The lowest BCUT2D eigenvalue weighted by Gasteiger charge is -2.12. The topological polar surface area (TPSA) is 46.5 Å². The van der Waals surface area contributed by atoms with Crippen LogP contribution in [0.25, 0.3) is 0 Å². The van der Waals surface area contributed by atoms with Crippen molar-refractivity contribution in [2.75, 3.05) is 6.61 Å². The molecule has 1 aromatic carbocycles. The Hall–Kier alpha value is -1.35. The van der Waals surface area contributed by atoms with Gasteiger partial charge >= 0.3 is 5.97 Å². The second-order valence-corrected chi connectivity index (χ2v) is 3.08. The van der Waals surface area contributed by atoms with Gasteiger partial charge in [0.2, 0.25) is 0 Å². The molecular formula is C11H14O3. The smallest absolute Gasteiger partial charge is 0.337 e. The zero-order valence-electron chi connectivity index (χ0n) is 8.36. The van der Waals surface area contributed by atoms with Gasteiger partial charge in [-0.3, -0.25) is 0 Å². The Balaban J connectivity index is 2.87. The highest BCUT2D eigenvalue weighted by molar-refractivity contribution is 5.74. The van der Waals surface area contributed by atoms with Crippen LogP contribution in [0.3, 0.4) is 0 Å². The van der Waals surface area contributed by atoms with Gasteiger partial charge in [0.25, 0.3) is 0 Å². The first-order valence-corrected chi connectivity index (χ1v) is 4.56. The average molecular weight is 194 g/mol. The molecule has 1 aromatic rings. The summed E-state index contributed by atoms with van der Waals surface area (Å²) in [5, 5.41) is 8.90. The van der Waals surface area contributed by atoms with E-state index in [1.807, 2.05) is 19.1 Å². The Morgan fingerprint density at radius 3 is 2.43 bits per heavy atom. The molecule has 3 nitrogen and oxygen atoms in total. The van der Waals surface area contributed by atoms with Crippen LogP contribution in [0.4, 0.5) is 0 Å². The largest absolute Gasteiger partial charge is 0.479 e. The number of carboxylic acid groups (broad SMARTS) is 1. The quantitative estimate of drug-likeness (QED) is 0.798. The molecule has 0 aliphatic carbocycles. The van der Waals surface area contributed by atoms with Crippen LogP contribution in [0.2, 0.25) is 0 Å². The number of hydrogen-bond acceptors (Lipinski definition) is 2. The van der Waals surface area contributed by atoms with Crippen molar-refractivity contribution in [1.29, 1.82) is 0 Å². The van der Waals surface area contributed by atoms with E-state index in [9.17, 15) is 4.79 Å². The molecule has 0 radical (unpaired) electrons. The SMILES string of the molecule is CCO[C@H](C(=O)O)c1ccc(C)cc1. The molecule has 1 N–H and O–H groups in total. The molecule has 0 aliphatic rings. The van der Waals surface area contributed by atoms with Gasteiger partial charge in [0.05, 0.1) is 0 Å². The molecule has 0 heterocycles. The van der Waals surface area contributed by atoms with Crippen LogP contribution in [0.5, 0.6) is 0 Å². The van der Waals surface area contributed by atoms with Gasteiger partial charge in [-0.25, -0.2) is 4.79 Å². The minimum absolute atomic E-state index is 0.394. The molecule has 0 aliphatic heterocycles. The first kappa shape index (κ1) is 10.7. The number of hydrogen-bond donors (Lipinski definition) is 1. The first-order chi connectivity index (χ1) is 6.65. The molecule has 14 heavy (non-hydrogen) atoms. The van der Waals surface area contributed by atoms with Crippen molar-refractivity contribution in [3.8, 4) is 0 Å². The van der Waals surface area contributed by atoms with Gasteiger partial charge in [0.1, 0.15) is 0 Å². The maximum atomic E-state index is 10.8. The van der Waals surface area contributed by atoms with Crippen molar-refractivity contribution >= 4 is 5.97 Å². The monoisotopic (exact) mass is 194 g/mol. The molecule has 0 amide bonds. The van der Waals surface area contributed by atoms with Crippen molar-refractivity contribution in [2.45, 2.75) is 20.0 Å². The summed E-state index contributed by atoms with van der Waals surface area (Å²) in [4.78, 5) is 10.8. The summed E-state index contributed by atoms with van der Waals surface area (Å²) in [6.07, 6.45) is -0.847. The van der Waals surface area contributed by atoms with E-state index in [1.165, 1.54) is 0 Å². The zero-order chi connectivity index (χ0) is 10.6. The lowest BCUT2D eigenvalue weighted by Crippen LogP contribution is -2.15. The highest BCUT2D eigenvalue weighted by atomic mass is 16.5. The minimum atomic E-state index is -0.948. The fourth-order valence-electron chi connectivity index (χ4n) is 1.22. The van der Waals surface area contributed by atoms with E-state index in [-0.39, 0.29) is 0 Å². The van der Waals surface area contributed by atoms with E-state index in [4.69, 9.17) is 9.84 Å². The summed E-state index contributed by atoms with van der Waals surface area (Å²) in [7, 11) is 0. The van der Waals surface area contributed by atoms with Gasteiger partial charge in [-0.1, -0.05) is 29.8 Å². The van der Waals surface area contributed by atoms with Gasteiger partial charge in [-0.15, -0.1) is 0 Å². The maximum absolute atomic E-state index is 10.8. The lowest BCUT2D eigenvalue weighted by molar-refractivity contribution is -0.150. The van der Waals surface area contributed by atoms with Crippen LogP contribution in [0.15, 0.2) is 24.3 Å². The molecule has 0 unspecified atom stereocenters. The Kier molecular flexibility index (Phi) is 3.65. The minimum Gasteiger partial charge on any atom is -0.479 e. The summed E-state index contributed by atoms with van der Waals surface area (Å²) in [6.45, 7) is 4.13. The summed E-state index contributed by atoms with van der Waals surface area (Å²) >= 11 is 0. The third kappa shape index (κ3) is 2.57. The van der Waals surface area contributed by atoms with E-state index in [0.717, 1.165) is 5.56 Å². The lowest BCUT2D eigenvalue weighted by atomic mass is 10.1. The first-order valence-electron chi connectivity index (χ1n) is 4.56. The molecule has 0 aromatic heterocycles. The molecule has 0 saturated carbocycles. The van der Waals surface area contributed by atoms with E-state index in [0.29, 0.717) is 12.2 Å². The number of ether oxygens (including phenoxy) is 1. The van der Waals surface area contributed by atoms with Crippen LogP contribution in [-0.4, -0.2) is 17.7 Å². The Morgan fingerprint density at radius 2 is 2.00 bits per heavy atom. The Labute approximate surface area is 83.3 Å². The van der Waals surface area contributed by atoms with Crippen LogP contribution in [-0.2, 0) is 9.53 Å². The van der Waals surface area contributed by atoms with Gasteiger partial charge < -0.3 is 9.84 Å². The molecule has 3 heteroatoms. The number of carboxylic acids is 1. The second kappa shape index (κ2) is 4.77. The fourth-order valence-corrected chi connectivity index (χ4v) is 1.22. The number of rotatable bonds is 4. The number of aryl methyl sites for hydroxylation is 1. The van der Waals surface area contributed by atoms with Crippen molar-refractivity contribution in [3.63, 3.8) is 0 Å². The van der Waals surface area contributed by atoms with E-state index >= 15 is 0 Å². The normalized spacial score (nSPS) is 12.4. The average Bonchev–Trinajstić information content (AvgIpc) is 2.15. The van der Waals surface area contributed by atoms with E-state index in [2.05, 4.69) is 0 Å². The van der Waals surface area contributed by atoms with Crippen molar-refractivity contribution in [1.82, 2.24) is 0 Å². The third-order valence-electron chi connectivity index (χ3n) is 1.94. The molecular weight excluding hydrogens is 180 g/mol.